The average molecular weight is 618 g/mol. The predicted molar refractivity (Wildman–Crippen MR) is 178 cm³/mol. The Morgan fingerprint density at radius 3 is 1.73 bits per heavy atom. The second-order valence-corrected chi connectivity index (χ2v) is 12.9. The summed E-state index contributed by atoms with van der Waals surface area (Å²) in [6.07, 6.45) is 3.30. The van der Waals surface area contributed by atoms with Crippen molar-refractivity contribution in [1.82, 2.24) is 24.5 Å². The molecule has 8 heteroatoms. The van der Waals surface area contributed by atoms with Crippen molar-refractivity contribution in [3.63, 3.8) is 0 Å². The normalized spacial score (nSPS) is 11.9. The monoisotopic (exact) mass is 617 g/mol. The molecule has 0 fully saturated rings. The molecule has 0 amide bonds. The zero-order valence-corrected chi connectivity index (χ0v) is 26.3. The Bertz CT molecular complexity index is 1820. The number of hydrogen-bond acceptors (Lipinski definition) is 5. The van der Waals surface area contributed by atoms with E-state index in [1.165, 1.54) is 16.4 Å². The molecule has 0 aliphatic rings. The predicted octanol–water partition coefficient (Wildman–Crippen LogP) is 8.04. The van der Waals surface area contributed by atoms with Crippen molar-refractivity contribution in [3.8, 4) is 11.4 Å². The van der Waals surface area contributed by atoms with Gasteiger partial charge in [0.2, 0.25) is 0 Å². The van der Waals surface area contributed by atoms with Crippen LogP contribution < -0.4 is 5.56 Å². The largest absolute Gasteiger partial charge is 0.287 e. The molecule has 0 unspecified atom stereocenters. The van der Waals surface area contributed by atoms with Crippen molar-refractivity contribution in [2.45, 2.75) is 42.5 Å². The molecule has 0 radical (unpaired) electrons. The number of hydrogen-bond donors (Lipinski definition) is 0. The van der Waals surface area contributed by atoms with Crippen LogP contribution in [0.4, 0.5) is 0 Å². The molecular weight excluding hydrogens is 586 g/mol. The van der Waals surface area contributed by atoms with Crippen molar-refractivity contribution >= 4 is 23.4 Å². The molecule has 0 bridgehead atoms. The van der Waals surface area contributed by atoms with Crippen molar-refractivity contribution in [2.24, 2.45) is 0 Å². The van der Waals surface area contributed by atoms with Crippen molar-refractivity contribution < 1.29 is 0 Å². The highest BCUT2D eigenvalue weighted by molar-refractivity contribution is 7.98. The molecular formula is C36H32ClN5OS. The highest BCUT2D eigenvalue weighted by Gasteiger charge is 2.41. The number of thioether (sulfide) groups is 1. The molecule has 6 nitrogen and oxygen atoms in total. The quantitative estimate of drug-likeness (QED) is 0.128. The lowest BCUT2D eigenvalue weighted by molar-refractivity contribution is 0.336. The summed E-state index contributed by atoms with van der Waals surface area (Å²) in [6.45, 7) is 5.78. The number of rotatable bonds is 8. The number of halogens is 1. The topological polar surface area (TPSA) is 65.6 Å². The molecule has 0 aliphatic carbocycles. The molecule has 220 valence electrons. The van der Waals surface area contributed by atoms with Gasteiger partial charge in [0.1, 0.15) is 16.9 Å². The van der Waals surface area contributed by atoms with E-state index in [2.05, 4.69) is 102 Å². The maximum atomic E-state index is 12.8. The SMILES string of the molecule is CC(C)(C)n1ncc(SCc2ccc(-c3ncnn3C(c3ccccc3)(c3ccccc3)c3ccccc3)cc2)c(Cl)c1=O. The molecule has 0 saturated heterocycles. The van der Waals surface area contributed by atoms with Gasteiger partial charge in [0.05, 0.1) is 16.6 Å². The average Bonchev–Trinajstić information content (AvgIpc) is 3.54. The van der Waals surface area contributed by atoms with E-state index in [9.17, 15) is 4.79 Å². The van der Waals surface area contributed by atoms with E-state index in [1.807, 2.05) is 43.7 Å². The molecule has 4 aromatic carbocycles. The molecule has 44 heavy (non-hydrogen) atoms. The Hall–Kier alpha value is -4.46. The van der Waals surface area contributed by atoms with Gasteiger partial charge in [-0.05, 0) is 43.0 Å². The molecule has 2 heterocycles. The summed E-state index contributed by atoms with van der Waals surface area (Å²) in [6, 6.07) is 39.6. The zero-order chi connectivity index (χ0) is 30.7. The van der Waals surface area contributed by atoms with E-state index in [0.717, 1.165) is 33.6 Å². The second-order valence-electron chi connectivity index (χ2n) is 11.5. The van der Waals surface area contributed by atoms with Crippen LogP contribution in [-0.4, -0.2) is 24.5 Å². The second kappa shape index (κ2) is 12.3. The first-order valence-electron chi connectivity index (χ1n) is 14.4. The van der Waals surface area contributed by atoms with Gasteiger partial charge in [0, 0.05) is 11.3 Å². The first kappa shape index (κ1) is 29.6. The van der Waals surface area contributed by atoms with Crippen LogP contribution in [0.5, 0.6) is 0 Å². The lowest BCUT2D eigenvalue weighted by Crippen LogP contribution is -2.39. The third kappa shape index (κ3) is 5.49. The summed E-state index contributed by atoms with van der Waals surface area (Å²) in [4.78, 5) is 18.2. The maximum Gasteiger partial charge on any atom is 0.287 e. The van der Waals surface area contributed by atoms with Gasteiger partial charge in [-0.15, -0.1) is 11.8 Å². The summed E-state index contributed by atoms with van der Waals surface area (Å²) < 4.78 is 3.46. The van der Waals surface area contributed by atoms with E-state index in [-0.39, 0.29) is 10.6 Å². The Kier molecular flexibility index (Phi) is 8.25. The minimum absolute atomic E-state index is 0.198. The fourth-order valence-corrected chi connectivity index (χ4v) is 6.64. The Labute approximate surface area is 266 Å². The molecule has 0 atom stereocenters. The Balaban J connectivity index is 1.38. The first-order valence-corrected chi connectivity index (χ1v) is 15.7. The maximum absolute atomic E-state index is 12.8. The third-order valence-electron chi connectivity index (χ3n) is 7.57. The van der Waals surface area contributed by atoms with Crippen LogP contribution in [0.3, 0.4) is 0 Å². The summed E-state index contributed by atoms with van der Waals surface area (Å²) >= 11 is 7.96. The van der Waals surface area contributed by atoms with Gasteiger partial charge >= 0.3 is 0 Å². The van der Waals surface area contributed by atoms with Crippen molar-refractivity contribution in [1.29, 1.82) is 0 Å². The van der Waals surface area contributed by atoms with Gasteiger partial charge in [0.25, 0.3) is 5.56 Å². The Morgan fingerprint density at radius 2 is 1.23 bits per heavy atom. The molecule has 6 rings (SSSR count). The van der Waals surface area contributed by atoms with Gasteiger partial charge in [-0.3, -0.25) is 4.79 Å². The lowest BCUT2D eigenvalue weighted by atomic mass is 9.77. The number of aromatic nitrogens is 5. The van der Waals surface area contributed by atoms with Gasteiger partial charge in [-0.2, -0.15) is 10.2 Å². The minimum atomic E-state index is -0.763. The van der Waals surface area contributed by atoms with Gasteiger partial charge < -0.3 is 0 Å². The first-order chi connectivity index (χ1) is 21.3. The third-order valence-corrected chi connectivity index (χ3v) is 9.14. The van der Waals surface area contributed by atoms with Gasteiger partial charge in [-0.1, -0.05) is 127 Å². The summed E-state index contributed by atoms with van der Waals surface area (Å²) in [7, 11) is 0. The van der Waals surface area contributed by atoms with Crippen LogP contribution in [0.1, 0.15) is 43.0 Å². The fourth-order valence-electron chi connectivity index (χ4n) is 5.50. The zero-order valence-electron chi connectivity index (χ0n) is 24.8. The lowest BCUT2D eigenvalue weighted by Gasteiger charge is -2.37. The van der Waals surface area contributed by atoms with Gasteiger partial charge in [-0.25, -0.2) is 14.3 Å². The van der Waals surface area contributed by atoms with Gasteiger partial charge in [0.15, 0.2) is 5.82 Å². The van der Waals surface area contributed by atoms with Crippen LogP contribution in [-0.2, 0) is 16.8 Å². The van der Waals surface area contributed by atoms with E-state index < -0.39 is 11.1 Å². The summed E-state index contributed by atoms with van der Waals surface area (Å²) in [5.41, 5.74) is 3.78. The highest BCUT2D eigenvalue weighted by Crippen LogP contribution is 2.42. The Morgan fingerprint density at radius 1 is 0.705 bits per heavy atom. The van der Waals surface area contributed by atoms with Crippen molar-refractivity contribution in [3.05, 3.63) is 165 Å². The fraction of sp³-hybridized carbons (Fsp3) is 0.167. The highest BCUT2D eigenvalue weighted by atomic mass is 35.5. The number of benzene rings is 4. The molecule has 0 N–H and O–H groups in total. The van der Waals surface area contributed by atoms with E-state index in [0.29, 0.717) is 10.6 Å². The molecule has 6 aromatic rings. The minimum Gasteiger partial charge on any atom is -0.266 e. The van der Waals surface area contributed by atoms with Crippen LogP contribution in [0.15, 0.2) is 137 Å². The summed E-state index contributed by atoms with van der Waals surface area (Å²) in [5.74, 6) is 1.38. The summed E-state index contributed by atoms with van der Waals surface area (Å²) in [5, 5.41) is 9.44. The van der Waals surface area contributed by atoms with E-state index in [1.54, 1.807) is 12.5 Å². The van der Waals surface area contributed by atoms with Crippen LogP contribution in [0.25, 0.3) is 11.4 Å². The number of nitrogens with zero attached hydrogens (tertiary/aromatic N) is 5. The van der Waals surface area contributed by atoms with E-state index in [4.69, 9.17) is 21.7 Å². The van der Waals surface area contributed by atoms with Crippen molar-refractivity contribution in [2.75, 3.05) is 0 Å². The molecule has 0 spiro atoms. The standard InChI is InChI=1S/C36H32ClN5OS/c1-35(2,3)42-34(43)32(37)31(23-39-42)44-24-26-19-21-27(22-20-26)33-38-25-40-41(33)36(28-13-7-4-8-14-28,29-15-9-5-10-16-29)30-17-11-6-12-18-30/h4-23,25H,24H2,1-3H3. The van der Waals surface area contributed by atoms with Crippen LogP contribution >= 0.6 is 23.4 Å². The van der Waals surface area contributed by atoms with E-state index >= 15 is 0 Å². The van der Waals surface area contributed by atoms with Crippen LogP contribution in [0.2, 0.25) is 5.02 Å². The smallest absolute Gasteiger partial charge is 0.266 e. The molecule has 0 aliphatic heterocycles. The molecule has 2 aromatic heterocycles. The molecule has 0 saturated carbocycles. The van der Waals surface area contributed by atoms with Crippen LogP contribution in [0, 0.1) is 0 Å².